The molecule has 0 aliphatic carbocycles. The van der Waals surface area contributed by atoms with E-state index in [9.17, 15) is 15.0 Å². The molecule has 1 amide bonds. The van der Waals surface area contributed by atoms with E-state index >= 15 is 0 Å². The number of carbonyl (C=O) groups is 1. The number of phenols is 2. The van der Waals surface area contributed by atoms with E-state index in [2.05, 4.69) is 22.9 Å². The third kappa shape index (κ3) is 2.67. The van der Waals surface area contributed by atoms with Crippen LogP contribution in [0.3, 0.4) is 0 Å². The van der Waals surface area contributed by atoms with Crippen molar-refractivity contribution in [2.75, 3.05) is 14.1 Å². The highest BCUT2D eigenvalue weighted by Crippen LogP contribution is 2.37. The van der Waals surface area contributed by atoms with Crippen LogP contribution in [0.15, 0.2) is 53.7 Å². The number of nitrogens with zero attached hydrogens (tertiary/aromatic N) is 5. The fourth-order valence-electron chi connectivity index (χ4n) is 3.12. The number of aromatic nitrogens is 4. The van der Waals surface area contributed by atoms with E-state index in [1.165, 1.54) is 15.6 Å². The normalized spacial score (nSPS) is 11.1. The van der Waals surface area contributed by atoms with E-state index in [0.29, 0.717) is 10.7 Å². The van der Waals surface area contributed by atoms with E-state index in [0.717, 1.165) is 16.5 Å². The average molecular weight is 395 g/mol. The minimum atomic E-state index is -0.311. The summed E-state index contributed by atoms with van der Waals surface area (Å²) < 4.78 is 2.97. The Morgan fingerprint density at radius 2 is 1.86 bits per heavy atom. The second kappa shape index (κ2) is 6.61. The second-order valence-corrected chi connectivity index (χ2v) is 6.84. The summed E-state index contributed by atoms with van der Waals surface area (Å²) in [7, 11) is 3.38. The number of amides is 1. The van der Waals surface area contributed by atoms with E-state index in [1.54, 1.807) is 37.0 Å². The minimum Gasteiger partial charge on any atom is -0.504 e. The molecule has 8 nitrogen and oxygen atoms in total. The summed E-state index contributed by atoms with van der Waals surface area (Å²) in [4.78, 5) is 13.9. The first-order valence-corrected chi connectivity index (χ1v) is 8.83. The number of hydrogen-bond donors (Lipinski definition) is 3. The van der Waals surface area contributed by atoms with Crippen molar-refractivity contribution in [3.63, 3.8) is 0 Å². The summed E-state index contributed by atoms with van der Waals surface area (Å²) in [6.07, 6.45) is 1.70. The highest BCUT2D eigenvalue weighted by Gasteiger charge is 2.21. The number of benzene rings is 2. The standard InChI is InChI=1S/C19H17N5O3S/c1-22(2)19(27)23-10-9-11-12(5-3-6-13(11)23)16-18(28)20-21-24(16)14-7-4-8-15(25)17(14)26/h3-10,25-26,28H,1-2H3. The fraction of sp³-hybridized carbons (Fsp3) is 0.105. The van der Waals surface area contributed by atoms with Crippen LogP contribution in [0, 0.1) is 0 Å². The van der Waals surface area contributed by atoms with Crippen LogP contribution >= 0.6 is 12.6 Å². The first-order chi connectivity index (χ1) is 13.4. The molecule has 0 saturated heterocycles. The molecule has 0 atom stereocenters. The van der Waals surface area contributed by atoms with Crippen molar-refractivity contribution in [2.45, 2.75) is 5.03 Å². The Labute approximate surface area is 165 Å². The number of para-hydroxylation sites is 1. The highest BCUT2D eigenvalue weighted by molar-refractivity contribution is 7.80. The molecule has 28 heavy (non-hydrogen) atoms. The van der Waals surface area contributed by atoms with Gasteiger partial charge in [-0.05, 0) is 24.3 Å². The zero-order chi connectivity index (χ0) is 20.0. The molecule has 0 saturated carbocycles. The van der Waals surface area contributed by atoms with Crippen LogP contribution in [0.25, 0.3) is 27.8 Å². The summed E-state index contributed by atoms with van der Waals surface area (Å²) in [6.45, 7) is 0. The molecule has 4 aromatic rings. The molecule has 2 N–H and O–H groups in total. The van der Waals surface area contributed by atoms with Crippen LogP contribution in [0.5, 0.6) is 11.5 Å². The summed E-state index contributed by atoms with van der Waals surface area (Å²) in [6, 6.07) is 11.8. The first-order valence-electron chi connectivity index (χ1n) is 8.38. The van der Waals surface area contributed by atoms with Gasteiger partial charge in [0, 0.05) is 31.2 Å². The Morgan fingerprint density at radius 1 is 1.11 bits per heavy atom. The minimum absolute atomic E-state index is 0.171. The van der Waals surface area contributed by atoms with Gasteiger partial charge in [0.2, 0.25) is 0 Å². The molecule has 0 unspecified atom stereocenters. The molecular weight excluding hydrogens is 378 g/mol. The van der Waals surface area contributed by atoms with Crippen molar-refractivity contribution in [1.29, 1.82) is 0 Å². The summed E-state index contributed by atoms with van der Waals surface area (Å²) in [5.74, 6) is -0.574. The maximum atomic E-state index is 12.4. The Bertz CT molecular complexity index is 1210. The van der Waals surface area contributed by atoms with Gasteiger partial charge >= 0.3 is 6.03 Å². The van der Waals surface area contributed by atoms with Gasteiger partial charge < -0.3 is 15.1 Å². The SMILES string of the molecule is CN(C)C(=O)n1ccc2c(-c3c(S)nnn3-c3cccc(O)c3O)cccc21. The van der Waals surface area contributed by atoms with Gasteiger partial charge in [-0.2, -0.15) is 0 Å². The smallest absolute Gasteiger partial charge is 0.328 e. The maximum Gasteiger partial charge on any atom is 0.328 e. The molecule has 0 spiro atoms. The average Bonchev–Trinajstić information content (AvgIpc) is 3.27. The second-order valence-electron chi connectivity index (χ2n) is 6.42. The molecule has 0 aliphatic rings. The van der Waals surface area contributed by atoms with Crippen molar-refractivity contribution in [1.82, 2.24) is 24.5 Å². The summed E-state index contributed by atoms with van der Waals surface area (Å²) >= 11 is 4.43. The Morgan fingerprint density at radius 3 is 2.61 bits per heavy atom. The predicted octanol–water partition coefficient (Wildman–Crippen LogP) is 3.12. The number of aromatic hydroxyl groups is 2. The van der Waals surface area contributed by atoms with E-state index in [-0.39, 0.29) is 23.2 Å². The Kier molecular flexibility index (Phi) is 4.23. The molecule has 0 fully saturated rings. The predicted molar refractivity (Wildman–Crippen MR) is 107 cm³/mol. The molecule has 4 rings (SSSR count). The molecule has 9 heteroatoms. The Balaban J connectivity index is 1.97. The zero-order valence-corrected chi connectivity index (χ0v) is 16.0. The number of fused-ring (bicyclic) bond motifs is 1. The molecule has 2 aromatic heterocycles. The van der Waals surface area contributed by atoms with Crippen LogP contribution in [0.2, 0.25) is 0 Å². The van der Waals surface area contributed by atoms with Gasteiger partial charge in [0.25, 0.3) is 0 Å². The van der Waals surface area contributed by atoms with Gasteiger partial charge in [-0.15, -0.1) is 17.7 Å². The van der Waals surface area contributed by atoms with Crippen molar-refractivity contribution >= 4 is 29.6 Å². The lowest BCUT2D eigenvalue weighted by molar-refractivity contribution is 0.220. The van der Waals surface area contributed by atoms with E-state index in [1.807, 2.05) is 24.3 Å². The third-order valence-electron chi connectivity index (χ3n) is 4.45. The van der Waals surface area contributed by atoms with Gasteiger partial charge in [-0.3, -0.25) is 4.57 Å². The lowest BCUT2D eigenvalue weighted by Gasteiger charge is -2.13. The lowest BCUT2D eigenvalue weighted by atomic mass is 10.1. The van der Waals surface area contributed by atoms with E-state index < -0.39 is 0 Å². The van der Waals surface area contributed by atoms with E-state index in [4.69, 9.17) is 0 Å². The molecule has 0 bridgehead atoms. The van der Waals surface area contributed by atoms with Crippen molar-refractivity contribution < 1.29 is 15.0 Å². The van der Waals surface area contributed by atoms with Crippen LogP contribution in [0.1, 0.15) is 0 Å². The molecule has 0 radical (unpaired) electrons. The number of phenolic OH excluding ortho intramolecular Hbond substituents is 2. The highest BCUT2D eigenvalue weighted by atomic mass is 32.1. The molecule has 2 aromatic carbocycles. The maximum absolute atomic E-state index is 12.4. The van der Waals surface area contributed by atoms with Crippen LogP contribution in [0.4, 0.5) is 4.79 Å². The zero-order valence-electron chi connectivity index (χ0n) is 15.1. The van der Waals surface area contributed by atoms with Crippen molar-refractivity contribution in [3.05, 3.63) is 48.7 Å². The van der Waals surface area contributed by atoms with Crippen molar-refractivity contribution in [3.8, 4) is 28.4 Å². The Hall–Kier alpha value is -3.46. The fourth-order valence-corrected chi connectivity index (χ4v) is 3.38. The summed E-state index contributed by atoms with van der Waals surface area (Å²) in [5.41, 5.74) is 2.26. The van der Waals surface area contributed by atoms with Crippen LogP contribution in [-0.2, 0) is 0 Å². The van der Waals surface area contributed by atoms with Gasteiger partial charge in [0.1, 0.15) is 16.4 Å². The molecule has 2 heterocycles. The number of thiol groups is 1. The molecule has 0 aliphatic heterocycles. The third-order valence-corrected chi connectivity index (χ3v) is 4.75. The quantitative estimate of drug-likeness (QED) is 0.358. The largest absolute Gasteiger partial charge is 0.504 e. The van der Waals surface area contributed by atoms with Crippen molar-refractivity contribution in [2.24, 2.45) is 0 Å². The van der Waals surface area contributed by atoms with Gasteiger partial charge in [0.15, 0.2) is 11.5 Å². The van der Waals surface area contributed by atoms with Gasteiger partial charge in [-0.1, -0.05) is 23.4 Å². The topological polar surface area (TPSA) is 96.4 Å². The molecule has 142 valence electrons. The summed E-state index contributed by atoms with van der Waals surface area (Å²) in [5, 5.41) is 29.4. The monoisotopic (exact) mass is 395 g/mol. The van der Waals surface area contributed by atoms with Gasteiger partial charge in [0.05, 0.1) is 5.52 Å². The van der Waals surface area contributed by atoms with Crippen LogP contribution < -0.4 is 0 Å². The van der Waals surface area contributed by atoms with Crippen LogP contribution in [-0.4, -0.2) is 54.8 Å². The number of hydrogen-bond acceptors (Lipinski definition) is 6. The lowest BCUT2D eigenvalue weighted by Crippen LogP contribution is -2.26. The first kappa shape index (κ1) is 17.9. The molecular formula is C19H17N5O3S. The van der Waals surface area contributed by atoms with Gasteiger partial charge in [-0.25, -0.2) is 9.48 Å². The number of rotatable bonds is 2. The number of carbonyl (C=O) groups excluding carboxylic acids is 1.